The van der Waals surface area contributed by atoms with Gasteiger partial charge in [0.2, 0.25) is 0 Å². The molecule has 3 heterocycles. The smallest absolute Gasteiger partial charge is 0.274 e. The molecular formula is C14H20N4O3S. The number of piperazine rings is 1. The van der Waals surface area contributed by atoms with Crippen LogP contribution in [0.2, 0.25) is 0 Å². The van der Waals surface area contributed by atoms with Crippen LogP contribution in [0.4, 0.5) is 0 Å². The molecule has 7 nitrogen and oxygen atoms in total. The average molecular weight is 324 g/mol. The van der Waals surface area contributed by atoms with E-state index in [1.165, 1.54) is 11.3 Å². The normalized spacial score (nSPS) is 16.5. The highest BCUT2D eigenvalue weighted by atomic mass is 32.1. The lowest BCUT2D eigenvalue weighted by Gasteiger charge is -2.34. The number of aromatic nitrogens is 2. The second-order valence-electron chi connectivity index (χ2n) is 5.19. The Hall–Kier alpha value is -1.48. The minimum Gasteiger partial charge on any atom is -0.394 e. The fourth-order valence-electron chi connectivity index (χ4n) is 2.53. The summed E-state index contributed by atoms with van der Waals surface area (Å²) in [5.41, 5.74) is 0.520. The van der Waals surface area contributed by atoms with E-state index in [-0.39, 0.29) is 12.5 Å². The summed E-state index contributed by atoms with van der Waals surface area (Å²) >= 11 is 1.53. The van der Waals surface area contributed by atoms with E-state index in [1.54, 1.807) is 6.20 Å². The highest BCUT2D eigenvalue weighted by molar-refractivity contribution is 7.15. The number of amides is 1. The summed E-state index contributed by atoms with van der Waals surface area (Å²) in [5.74, 6) is 0.00656. The lowest BCUT2D eigenvalue weighted by molar-refractivity contribution is 0.0484. The number of hydrogen-bond donors (Lipinski definition) is 1. The van der Waals surface area contributed by atoms with Gasteiger partial charge in [0.1, 0.15) is 5.69 Å². The number of hydrogen-bond acceptors (Lipinski definition) is 6. The summed E-state index contributed by atoms with van der Waals surface area (Å²) in [7, 11) is 0. The molecule has 0 bridgehead atoms. The molecule has 22 heavy (non-hydrogen) atoms. The van der Waals surface area contributed by atoms with Gasteiger partial charge in [0.15, 0.2) is 4.96 Å². The Kier molecular flexibility index (Phi) is 5.04. The predicted octanol–water partition coefficient (Wildman–Crippen LogP) is 0.162. The van der Waals surface area contributed by atoms with Crippen molar-refractivity contribution in [1.29, 1.82) is 0 Å². The maximum atomic E-state index is 12.5. The largest absolute Gasteiger partial charge is 0.394 e. The van der Waals surface area contributed by atoms with Gasteiger partial charge in [-0.3, -0.25) is 14.1 Å². The molecule has 0 unspecified atom stereocenters. The minimum absolute atomic E-state index is 0.00656. The molecule has 2 aromatic rings. The molecular weight excluding hydrogens is 304 g/mol. The van der Waals surface area contributed by atoms with Crippen LogP contribution >= 0.6 is 11.3 Å². The zero-order valence-corrected chi connectivity index (χ0v) is 13.2. The Bertz CT molecular complexity index is 590. The number of aliphatic hydroxyl groups excluding tert-OH is 1. The standard InChI is InChI=1S/C14H20N4O3S/c19-7-9-21-8-5-16-1-3-17(4-2-16)13(20)12-11-18-6-10-22-14(18)15-12/h6,10-11,19H,1-5,7-9H2. The number of carbonyl (C=O) groups is 1. The minimum atomic E-state index is 0.00656. The van der Waals surface area contributed by atoms with Crippen LogP contribution in [0.15, 0.2) is 17.8 Å². The molecule has 1 aliphatic rings. The van der Waals surface area contributed by atoms with E-state index in [4.69, 9.17) is 9.84 Å². The van der Waals surface area contributed by atoms with Gasteiger partial charge >= 0.3 is 0 Å². The van der Waals surface area contributed by atoms with Crippen molar-refractivity contribution in [2.45, 2.75) is 0 Å². The van der Waals surface area contributed by atoms with Crippen LogP contribution in [0.5, 0.6) is 0 Å². The molecule has 2 aromatic heterocycles. The first-order valence-electron chi connectivity index (χ1n) is 7.40. The molecule has 0 aromatic carbocycles. The second-order valence-corrected chi connectivity index (χ2v) is 6.06. The van der Waals surface area contributed by atoms with Crippen LogP contribution in [0.3, 0.4) is 0 Å². The summed E-state index contributed by atoms with van der Waals surface area (Å²) in [6.07, 6.45) is 3.71. The zero-order valence-electron chi connectivity index (χ0n) is 12.3. The van der Waals surface area contributed by atoms with Crippen LogP contribution in [0.1, 0.15) is 10.5 Å². The summed E-state index contributed by atoms with van der Waals surface area (Å²) in [5, 5.41) is 10.6. The molecule has 1 N–H and O–H groups in total. The van der Waals surface area contributed by atoms with E-state index in [0.29, 0.717) is 32.0 Å². The lowest BCUT2D eigenvalue weighted by Crippen LogP contribution is -2.49. The van der Waals surface area contributed by atoms with E-state index in [2.05, 4.69) is 9.88 Å². The molecule has 0 radical (unpaired) electrons. The first kappa shape index (κ1) is 15.4. The van der Waals surface area contributed by atoms with Gasteiger partial charge in [0.25, 0.3) is 5.91 Å². The highest BCUT2D eigenvalue weighted by Gasteiger charge is 2.23. The molecule has 120 valence electrons. The summed E-state index contributed by atoms with van der Waals surface area (Å²) < 4.78 is 7.15. The van der Waals surface area contributed by atoms with E-state index in [9.17, 15) is 4.79 Å². The zero-order chi connectivity index (χ0) is 15.4. The van der Waals surface area contributed by atoms with Crippen molar-refractivity contribution >= 4 is 22.2 Å². The van der Waals surface area contributed by atoms with Gasteiger partial charge in [-0.15, -0.1) is 11.3 Å². The van der Waals surface area contributed by atoms with Crippen LogP contribution in [0, 0.1) is 0 Å². The Morgan fingerprint density at radius 2 is 2.14 bits per heavy atom. The Morgan fingerprint density at radius 1 is 1.32 bits per heavy atom. The number of fused-ring (bicyclic) bond motifs is 1. The molecule has 1 amide bonds. The van der Waals surface area contributed by atoms with E-state index in [1.807, 2.05) is 20.9 Å². The number of imidazole rings is 1. The summed E-state index contributed by atoms with van der Waals surface area (Å²) in [6, 6.07) is 0. The maximum Gasteiger partial charge on any atom is 0.274 e. The molecule has 0 aliphatic carbocycles. The van der Waals surface area contributed by atoms with Gasteiger partial charge in [-0.1, -0.05) is 0 Å². The SMILES string of the molecule is O=C(c1cn2ccsc2n1)N1CCN(CCOCCO)CC1. The van der Waals surface area contributed by atoms with Crippen molar-refractivity contribution in [3.8, 4) is 0 Å². The second kappa shape index (κ2) is 7.19. The molecule has 1 fully saturated rings. The molecule has 0 spiro atoms. The van der Waals surface area contributed by atoms with Crippen LogP contribution in [0.25, 0.3) is 4.96 Å². The van der Waals surface area contributed by atoms with Gasteiger partial charge in [-0.25, -0.2) is 4.98 Å². The van der Waals surface area contributed by atoms with Gasteiger partial charge in [-0.05, 0) is 0 Å². The van der Waals surface area contributed by atoms with Crippen molar-refractivity contribution in [2.24, 2.45) is 0 Å². The van der Waals surface area contributed by atoms with Crippen molar-refractivity contribution in [3.05, 3.63) is 23.5 Å². The van der Waals surface area contributed by atoms with Crippen molar-refractivity contribution in [1.82, 2.24) is 19.2 Å². The Labute approximate surface area is 132 Å². The van der Waals surface area contributed by atoms with E-state index < -0.39 is 0 Å². The number of aliphatic hydroxyl groups is 1. The van der Waals surface area contributed by atoms with Gasteiger partial charge in [0.05, 0.1) is 19.8 Å². The van der Waals surface area contributed by atoms with Gasteiger partial charge in [-0.2, -0.15) is 0 Å². The van der Waals surface area contributed by atoms with Gasteiger partial charge < -0.3 is 14.7 Å². The average Bonchev–Trinajstić information content (AvgIpc) is 3.13. The summed E-state index contributed by atoms with van der Waals surface area (Å²) in [6.45, 7) is 5.01. The van der Waals surface area contributed by atoms with Crippen molar-refractivity contribution in [2.75, 3.05) is 52.5 Å². The number of ether oxygens (including phenoxy) is 1. The quantitative estimate of drug-likeness (QED) is 0.767. The fraction of sp³-hybridized carbons (Fsp3) is 0.571. The molecule has 3 rings (SSSR count). The third-order valence-corrected chi connectivity index (χ3v) is 4.53. The first-order chi connectivity index (χ1) is 10.8. The molecule has 0 atom stereocenters. The van der Waals surface area contributed by atoms with E-state index >= 15 is 0 Å². The fourth-order valence-corrected chi connectivity index (χ4v) is 3.23. The van der Waals surface area contributed by atoms with Crippen LogP contribution < -0.4 is 0 Å². The molecule has 0 saturated carbocycles. The predicted molar refractivity (Wildman–Crippen MR) is 83.3 cm³/mol. The third kappa shape index (κ3) is 3.46. The third-order valence-electron chi connectivity index (χ3n) is 3.76. The monoisotopic (exact) mass is 324 g/mol. The van der Waals surface area contributed by atoms with E-state index in [0.717, 1.165) is 24.6 Å². The highest BCUT2D eigenvalue weighted by Crippen LogP contribution is 2.14. The van der Waals surface area contributed by atoms with Crippen molar-refractivity contribution in [3.63, 3.8) is 0 Å². The topological polar surface area (TPSA) is 70.3 Å². The molecule has 1 aliphatic heterocycles. The van der Waals surface area contributed by atoms with Crippen molar-refractivity contribution < 1.29 is 14.6 Å². The number of thiazole rings is 1. The number of carbonyl (C=O) groups excluding carboxylic acids is 1. The Balaban J connectivity index is 1.48. The number of rotatable bonds is 6. The summed E-state index contributed by atoms with van der Waals surface area (Å²) in [4.78, 5) is 21.8. The number of nitrogens with zero attached hydrogens (tertiary/aromatic N) is 4. The molecule has 1 saturated heterocycles. The van der Waals surface area contributed by atoms with Crippen LogP contribution in [-0.4, -0.2) is 82.7 Å². The first-order valence-corrected chi connectivity index (χ1v) is 8.28. The molecule has 8 heteroatoms. The van der Waals surface area contributed by atoms with Crippen LogP contribution in [-0.2, 0) is 4.74 Å². The maximum absolute atomic E-state index is 12.5. The Morgan fingerprint density at radius 3 is 2.86 bits per heavy atom. The lowest BCUT2D eigenvalue weighted by atomic mass is 10.3. The van der Waals surface area contributed by atoms with Gasteiger partial charge in [0, 0.05) is 50.5 Å².